The molecule has 0 atom stereocenters. The third-order valence-corrected chi connectivity index (χ3v) is 11.1. The first-order chi connectivity index (χ1) is 26.7. The maximum Gasteiger partial charge on any atom is 0.317 e. The Kier molecular flexibility index (Phi) is 12.9. The Morgan fingerprint density at radius 3 is 1.65 bits per heavy atom. The van der Waals surface area contributed by atoms with Crippen LogP contribution in [0.2, 0.25) is 0 Å². The van der Waals surface area contributed by atoms with Crippen molar-refractivity contribution in [3.63, 3.8) is 0 Å². The Labute approximate surface area is 327 Å². The van der Waals surface area contributed by atoms with Crippen LogP contribution in [0.15, 0.2) is 74.6 Å². The van der Waals surface area contributed by atoms with E-state index in [9.17, 15) is 55.6 Å². The number of carbonyl (C=O) groups excluding carboxylic acids is 1. The molecule has 5 rings (SSSR count). The lowest BCUT2D eigenvalue weighted by atomic mass is 10.00. The van der Waals surface area contributed by atoms with Gasteiger partial charge in [0.2, 0.25) is 5.91 Å². The number of azo groups is 1. The van der Waals surface area contributed by atoms with Crippen molar-refractivity contribution in [3.05, 3.63) is 65.7 Å². The summed E-state index contributed by atoms with van der Waals surface area (Å²) in [6.45, 7) is 5.64. The molecule has 0 saturated carbocycles. The predicted molar refractivity (Wildman–Crippen MR) is 208 cm³/mol. The first-order valence-electron chi connectivity index (χ1n) is 17.3. The minimum Gasteiger partial charge on any atom is -0.505 e. The van der Waals surface area contributed by atoms with Crippen LogP contribution in [0.25, 0.3) is 21.9 Å². The third kappa shape index (κ3) is 10.7. The lowest BCUT2D eigenvalue weighted by Gasteiger charge is -2.24. The predicted octanol–water partition coefficient (Wildman–Crippen LogP) is 3.35. The Bertz CT molecular complexity index is 2470. The molecule has 1 saturated heterocycles. The molecule has 21 heteroatoms. The highest BCUT2D eigenvalue weighted by atomic mass is 32.2. The number of aliphatic carboxylic acids is 2. The van der Waals surface area contributed by atoms with Crippen LogP contribution in [0.3, 0.4) is 0 Å². The van der Waals surface area contributed by atoms with Gasteiger partial charge < -0.3 is 26.4 Å². The van der Waals surface area contributed by atoms with E-state index < -0.39 is 58.8 Å². The molecule has 0 aliphatic carbocycles. The van der Waals surface area contributed by atoms with E-state index in [1.54, 1.807) is 34.9 Å². The van der Waals surface area contributed by atoms with Crippen molar-refractivity contribution in [1.29, 1.82) is 0 Å². The first kappa shape index (κ1) is 42.6. The molecule has 0 unspecified atom stereocenters. The van der Waals surface area contributed by atoms with E-state index in [-0.39, 0.29) is 36.6 Å². The number of rotatable bonds is 12. The summed E-state index contributed by atoms with van der Waals surface area (Å²) in [4.78, 5) is 39.2. The van der Waals surface area contributed by atoms with Gasteiger partial charge in [0, 0.05) is 50.3 Å². The topological polar surface area (TPSA) is 293 Å². The van der Waals surface area contributed by atoms with Crippen LogP contribution in [0.4, 0.5) is 22.7 Å². The van der Waals surface area contributed by atoms with Gasteiger partial charge in [-0.3, -0.25) is 38.2 Å². The number of nitrogen functional groups attached to an aromatic ring is 1. The van der Waals surface area contributed by atoms with E-state index >= 15 is 0 Å². The van der Waals surface area contributed by atoms with Gasteiger partial charge in [0.1, 0.15) is 15.5 Å². The molecule has 304 valence electrons. The maximum atomic E-state index is 13.2. The number of fused-ring (bicyclic) bond motifs is 1. The fraction of sp³-hybridized carbons (Fsp3) is 0.306. The quantitative estimate of drug-likeness (QED) is 0.0612. The van der Waals surface area contributed by atoms with Crippen molar-refractivity contribution in [3.8, 4) is 16.9 Å². The molecule has 57 heavy (non-hydrogen) atoms. The van der Waals surface area contributed by atoms with Gasteiger partial charge in [-0.1, -0.05) is 18.2 Å². The average Bonchev–Trinajstić information content (AvgIpc) is 3.18. The monoisotopic (exact) mass is 827 g/mol. The molecule has 1 aliphatic heterocycles. The zero-order valence-electron chi connectivity index (χ0n) is 30.8. The highest BCUT2D eigenvalue weighted by molar-refractivity contribution is 7.87. The fourth-order valence-electron chi connectivity index (χ4n) is 6.44. The number of hydrogen-bond donors (Lipinski definition) is 7. The second-order valence-electron chi connectivity index (χ2n) is 13.5. The van der Waals surface area contributed by atoms with Crippen LogP contribution in [0.5, 0.6) is 5.75 Å². The number of carboxylic acid groups (broad SMARTS) is 2. The van der Waals surface area contributed by atoms with Gasteiger partial charge >= 0.3 is 11.9 Å². The van der Waals surface area contributed by atoms with Crippen LogP contribution < -0.4 is 11.1 Å². The van der Waals surface area contributed by atoms with E-state index in [2.05, 4.69) is 15.5 Å². The molecule has 1 heterocycles. The molecule has 0 aromatic heterocycles. The average molecular weight is 828 g/mol. The van der Waals surface area contributed by atoms with Gasteiger partial charge in [0.05, 0.1) is 36.4 Å². The van der Waals surface area contributed by atoms with E-state index in [0.717, 1.165) is 22.8 Å². The van der Waals surface area contributed by atoms with Gasteiger partial charge in [-0.2, -0.15) is 21.9 Å². The lowest BCUT2D eigenvalue weighted by Crippen LogP contribution is -2.41. The Morgan fingerprint density at radius 2 is 1.16 bits per heavy atom. The number of aromatic hydroxyl groups is 1. The minimum atomic E-state index is -5.07. The third-order valence-electron chi connectivity index (χ3n) is 9.35. The number of nitrogens with one attached hydrogen (secondary N) is 1. The highest BCUT2D eigenvalue weighted by Crippen LogP contribution is 2.44. The van der Waals surface area contributed by atoms with Gasteiger partial charge in [0.25, 0.3) is 20.2 Å². The summed E-state index contributed by atoms with van der Waals surface area (Å²) >= 11 is 0. The standard InChI is InChI=1S/C36H41N7O12S2/c1-21-15-23(3-6-26(21)38-31(44)18-41-9-11-42(19-32(45)46)13-14-43(12-10-41)20-33(47)48)24-4-7-27(22(2)16-24)39-40-28-8-5-25-29(56(50,51)52)17-30(57(53,54)55)35(37)34(25)36(28)49/h3-8,15-17,49H,9-14,18-20,37H2,1-2H3,(H,38,44)(H,45,46)(H,47,48)(H,50,51,52)(H,53,54,55)/b40-39+. The minimum absolute atomic E-state index is 0.0137. The number of carboxylic acids is 2. The van der Waals surface area contributed by atoms with E-state index in [1.807, 2.05) is 30.0 Å². The molecule has 1 amide bonds. The summed E-state index contributed by atoms with van der Waals surface area (Å²) in [5.74, 6) is -3.02. The van der Waals surface area contributed by atoms with Crippen molar-refractivity contribution >= 4 is 71.6 Å². The molecule has 4 aromatic carbocycles. The number of nitrogens with two attached hydrogens (primary N) is 1. The van der Waals surface area contributed by atoms with Crippen molar-refractivity contribution in [2.45, 2.75) is 23.6 Å². The van der Waals surface area contributed by atoms with Crippen LogP contribution in [0, 0.1) is 13.8 Å². The number of anilines is 2. The van der Waals surface area contributed by atoms with Gasteiger partial charge in [-0.25, -0.2) is 0 Å². The van der Waals surface area contributed by atoms with Gasteiger partial charge in [-0.05, 0) is 72.5 Å². The van der Waals surface area contributed by atoms with E-state index in [4.69, 9.17) is 5.73 Å². The number of aryl methyl sites for hydroxylation is 2. The summed E-state index contributed by atoms with van der Waals surface area (Å²) in [5, 5.41) is 39.9. The van der Waals surface area contributed by atoms with Gasteiger partial charge in [0.15, 0.2) is 5.75 Å². The highest BCUT2D eigenvalue weighted by Gasteiger charge is 2.27. The summed E-state index contributed by atoms with van der Waals surface area (Å²) in [6.07, 6.45) is 0. The van der Waals surface area contributed by atoms with Crippen molar-refractivity contribution in [2.75, 3.05) is 70.0 Å². The van der Waals surface area contributed by atoms with E-state index in [1.165, 1.54) is 6.07 Å². The molecule has 19 nitrogen and oxygen atoms in total. The second-order valence-corrected chi connectivity index (χ2v) is 16.3. The molecule has 1 fully saturated rings. The van der Waals surface area contributed by atoms with Crippen LogP contribution in [-0.4, -0.2) is 133 Å². The number of benzene rings is 4. The molecule has 1 aliphatic rings. The van der Waals surface area contributed by atoms with Crippen LogP contribution >= 0.6 is 0 Å². The number of phenolic OH excluding ortho intramolecular Hbond substituents is 1. The number of phenols is 1. The zero-order chi connectivity index (χ0) is 41.8. The zero-order valence-corrected chi connectivity index (χ0v) is 32.4. The van der Waals surface area contributed by atoms with Crippen LogP contribution in [0.1, 0.15) is 11.1 Å². The Balaban J connectivity index is 1.30. The Morgan fingerprint density at radius 1 is 0.684 bits per heavy atom. The number of hydrogen-bond acceptors (Lipinski definition) is 14. The molecular formula is C36H41N7O12S2. The van der Waals surface area contributed by atoms with E-state index in [0.29, 0.717) is 62.3 Å². The van der Waals surface area contributed by atoms with Crippen molar-refractivity contribution in [1.82, 2.24) is 14.7 Å². The summed E-state index contributed by atoms with van der Waals surface area (Å²) in [5.41, 5.74) is 9.05. The van der Waals surface area contributed by atoms with Crippen molar-refractivity contribution in [2.24, 2.45) is 10.2 Å². The molecular weight excluding hydrogens is 787 g/mol. The smallest absolute Gasteiger partial charge is 0.317 e. The fourth-order valence-corrected chi connectivity index (χ4v) is 7.87. The molecule has 0 spiro atoms. The largest absolute Gasteiger partial charge is 0.505 e. The van der Waals surface area contributed by atoms with Crippen LogP contribution in [-0.2, 0) is 34.6 Å². The molecule has 8 N–H and O–H groups in total. The second kappa shape index (κ2) is 17.3. The summed E-state index contributed by atoms with van der Waals surface area (Å²) in [6, 6.07) is 13.6. The van der Waals surface area contributed by atoms with Gasteiger partial charge in [-0.15, -0.1) is 5.11 Å². The maximum absolute atomic E-state index is 13.2. The first-order valence-corrected chi connectivity index (χ1v) is 20.2. The summed E-state index contributed by atoms with van der Waals surface area (Å²) < 4.78 is 67.2. The lowest BCUT2D eigenvalue weighted by molar-refractivity contribution is -0.140. The summed E-state index contributed by atoms with van der Waals surface area (Å²) in [7, 11) is -10.1. The number of amides is 1. The molecule has 0 bridgehead atoms. The number of carbonyl (C=O) groups is 3. The Hall–Kier alpha value is -5.55. The molecule has 0 radical (unpaired) electrons. The van der Waals surface area contributed by atoms with Crippen molar-refractivity contribution < 1.29 is 55.6 Å². The molecule has 4 aromatic rings. The normalized spacial score (nSPS) is 15.3. The number of nitrogens with zero attached hydrogens (tertiary/aromatic N) is 5. The SMILES string of the molecule is Cc1cc(-c2ccc(NC(=O)CN3CCN(CC(=O)O)CCN(CC(=O)O)CC3)c(C)c2)ccc1/N=N/c1ccc2c(S(=O)(=O)O)cc(S(=O)(=O)O)c(N)c2c1O.